The first-order valence-electron chi connectivity index (χ1n) is 8.84. The van der Waals surface area contributed by atoms with Gasteiger partial charge in [-0.05, 0) is 24.6 Å². The molecule has 1 heterocycles. The first-order chi connectivity index (χ1) is 12.7. The second-order valence-electron chi connectivity index (χ2n) is 6.40. The summed E-state index contributed by atoms with van der Waals surface area (Å²) in [5, 5.41) is 12.3. The molecule has 2 rings (SSSR count). The largest absolute Gasteiger partial charge is 0.417 e. The quantitative estimate of drug-likeness (QED) is 0.702. The van der Waals surface area contributed by atoms with Gasteiger partial charge in [0.2, 0.25) is 0 Å². The lowest BCUT2D eigenvalue weighted by Gasteiger charge is -2.39. The zero-order valence-electron chi connectivity index (χ0n) is 15.2. The number of carbonyl (C=O) groups excluding carboxylic acids is 1. The summed E-state index contributed by atoms with van der Waals surface area (Å²) in [7, 11) is 0. The summed E-state index contributed by atoms with van der Waals surface area (Å²) in [6.07, 6.45) is -5.75. The van der Waals surface area contributed by atoms with Crippen LogP contribution in [0.3, 0.4) is 0 Å². The first-order valence-corrected chi connectivity index (χ1v) is 8.84. The van der Waals surface area contributed by atoms with Crippen molar-refractivity contribution in [1.82, 2.24) is 4.90 Å². The molecule has 6 nitrogen and oxygen atoms in total. The third kappa shape index (κ3) is 6.08. The van der Waals surface area contributed by atoms with Gasteiger partial charge in [-0.3, -0.25) is 0 Å². The van der Waals surface area contributed by atoms with E-state index in [1.54, 1.807) is 18.2 Å². The van der Waals surface area contributed by atoms with Crippen molar-refractivity contribution in [1.29, 1.82) is 0 Å². The number of nitrogens with zero attached hydrogens (tertiary/aromatic N) is 1. The topological polar surface area (TPSA) is 71.0 Å². The van der Waals surface area contributed by atoms with Crippen LogP contribution in [0.25, 0.3) is 0 Å². The number of ether oxygens (including phenoxy) is 2. The summed E-state index contributed by atoms with van der Waals surface area (Å²) in [6, 6.07) is 6.55. The summed E-state index contributed by atoms with van der Waals surface area (Å²) < 4.78 is 49.1. The predicted octanol–water partition coefficient (Wildman–Crippen LogP) is 3.16. The molecule has 0 radical (unpaired) electrons. The summed E-state index contributed by atoms with van der Waals surface area (Å²) in [6.45, 7) is 3.52. The van der Waals surface area contributed by atoms with Crippen LogP contribution in [0.4, 0.5) is 23.7 Å². The van der Waals surface area contributed by atoms with Crippen LogP contribution >= 0.6 is 0 Å². The van der Waals surface area contributed by atoms with Crippen LogP contribution in [0.2, 0.25) is 0 Å². The Morgan fingerprint density at radius 2 is 1.93 bits per heavy atom. The molecule has 9 heteroatoms. The van der Waals surface area contributed by atoms with E-state index < -0.39 is 30.7 Å². The van der Waals surface area contributed by atoms with E-state index in [4.69, 9.17) is 9.47 Å². The number of amides is 2. The van der Waals surface area contributed by atoms with E-state index in [-0.39, 0.29) is 13.1 Å². The number of urea groups is 1. The summed E-state index contributed by atoms with van der Waals surface area (Å²) in [5.74, 6) is 0. The Morgan fingerprint density at radius 3 is 2.56 bits per heavy atom. The standard InChI is InChI=1S/C18H25F3N2O4/c1-2-26-10-11-27-13-14-4-3-5-15(12-14)22-16(24)23-8-6-17(25,7-9-23)18(19,20)21/h3-5,12,25H,2,6-11,13H2,1H3,(H,22,24). The predicted molar refractivity (Wildman–Crippen MR) is 93.4 cm³/mol. The van der Waals surface area contributed by atoms with Crippen molar-refractivity contribution in [3.63, 3.8) is 0 Å². The fraction of sp³-hybridized carbons (Fsp3) is 0.611. The minimum atomic E-state index is -4.69. The average molecular weight is 390 g/mol. The lowest BCUT2D eigenvalue weighted by atomic mass is 9.91. The van der Waals surface area contributed by atoms with Gasteiger partial charge in [-0.25, -0.2) is 4.79 Å². The SMILES string of the molecule is CCOCCOCc1cccc(NC(=O)N2CCC(O)(C(F)(F)F)CC2)c1. The number of anilines is 1. The Balaban J connectivity index is 1.83. The van der Waals surface area contributed by atoms with Gasteiger partial charge < -0.3 is 24.8 Å². The second-order valence-corrected chi connectivity index (χ2v) is 6.40. The fourth-order valence-corrected chi connectivity index (χ4v) is 2.76. The fourth-order valence-electron chi connectivity index (χ4n) is 2.76. The smallest absolute Gasteiger partial charge is 0.380 e. The van der Waals surface area contributed by atoms with Crippen molar-refractivity contribution in [3.05, 3.63) is 29.8 Å². The third-order valence-corrected chi connectivity index (χ3v) is 4.43. The normalized spacial score (nSPS) is 17.0. The maximum absolute atomic E-state index is 12.8. The number of likely N-dealkylation sites (tertiary alicyclic amines) is 1. The lowest BCUT2D eigenvalue weighted by molar-refractivity contribution is -0.271. The van der Waals surface area contributed by atoms with E-state index in [1.165, 1.54) is 4.90 Å². The molecular formula is C18H25F3N2O4. The number of piperidine rings is 1. The van der Waals surface area contributed by atoms with E-state index in [9.17, 15) is 23.1 Å². The van der Waals surface area contributed by atoms with Crippen molar-refractivity contribution < 1.29 is 32.5 Å². The Bertz CT molecular complexity index is 617. The van der Waals surface area contributed by atoms with Gasteiger partial charge in [-0.2, -0.15) is 13.2 Å². The third-order valence-electron chi connectivity index (χ3n) is 4.43. The number of aliphatic hydroxyl groups is 1. The molecule has 2 N–H and O–H groups in total. The molecule has 0 aliphatic carbocycles. The van der Waals surface area contributed by atoms with Crippen LogP contribution in [0, 0.1) is 0 Å². The highest BCUT2D eigenvalue weighted by atomic mass is 19.4. The van der Waals surface area contributed by atoms with Crippen LogP contribution in [-0.4, -0.2) is 60.7 Å². The maximum atomic E-state index is 12.8. The van der Waals surface area contributed by atoms with Gasteiger partial charge in [0.25, 0.3) is 0 Å². The Kier molecular flexibility index (Phi) is 7.46. The van der Waals surface area contributed by atoms with Gasteiger partial charge in [-0.1, -0.05) is 12.1 Å². The molecule has 1 saturated heterocycles. The van der Waals surface area contributed by atoms with Gasteiger partial charge in [0.05, 0.1) is 19.8 Å². The van der Waals surface area contributed by atoms with Crippen LogP contribution in [0.1, 0.15) is 25.3 Å². The van der Waals surface area contributed by atoms with Crippen molar-refractivity contribution in [3.8, 4) is 0 Å². The minimum absolute atomic E-state index is 0.165. The van der Waals surface area contributed by atoms with E-state index in [0.717, 1.165) is 5.56 Å². The van der Waals surface area contributed by atoms with Crippen LogP contribution in [0.15, 0.2) is 24.3 Å². The van der Waals surface area contributed by atoms with Gasteiger partial charge >= 0.3 is 12.2 Å². The molecule has 152 valence electrons. The highest BCUT2D eigenvalue weighted by molar-refractivity contribution is 5.89. The maximum Gasteiger partial charge on any atom is 0.417 e. The highest BCUT2D eigenvalue weighted by Gasteiger charge is 2.54. The molecule has 0 atom stereocenters. The van der Waals surface area contributed by atoms with Crippen LogP contribution < -0.4 is 5.32 Å². The van der Waals surface area contributed by atoms with Crippen molar-refractivity contribution in [2.75, 3.05) is 38.2 Å². The summed E-state index contributed by atoms with van der Waals surface area (Å²) in [4.78, 5) is 13.5. The molecule has 1 aromatic rings. The van der Waals surface area contributed by atoms with Crippen LogP contribution in [-0.2, 0) is 16.1 Å². The van der Waals surface area contributed by atoms with Crippen molar-refractivity contribution in [2.24, 2.45) is 0 Å². The molecule has 0 saturated carbocycles. The number of benzene rings is 1. The molecule has 2 amide bonds. The number of nitrogens with one attached hydrogen (secondary N) is 1. The number of hydrogen-bond acceptors (Lipinski definition) is 4. The molecule has 1 aliphatic rings. The monoisotopic (exact) mass is 390 g/mol. The van der Waals surface area contributed by atoms with E-state index in [0.29, 0.717) is 32.1 Å². The highest BCUT2D eigenvalue weighted by Crippen LogP contribution is 2.38. The number of alkyl halides is 3. The zero-order valence-corrected chi connectivity index (χ0v) is 15.2. The number of carbonyl (C=O) groups is 1. The van der Waals surface area contributed by atoms with E-state index >= 15 is 0 Å². The lowest BCUT2D eigenvalue weighted by Crippen LogP contribution is -2.55. The molecule has 0 unspecified atom stereocenters. The molecule has 0 spiro atoms. The molecule has 27 heavy (non-hydrogen) atoms. The van der Waals surface area contributed by atoms with E-state index in [2.05, 4.69) is 5.32 Å². The molecular weight excluding hydrogens is 365 g/mol. The Labute approximate surface area is 156 Å². The van der Waals surface area contributed by atoms with Gasteiger partial charge in [-0.15, -0.1) is 0 Å². The Morgan fingerprint density at radius 1 is 1.26 bits per heavy atom. The van der Waals surface area contributed by atoms with Gasteiger partial charge in [0, 0.05) is 38.2 Å². The molecule has 1 aromatic carbocycles. The number of rotatable bonds is 7. The van der Waals surface area contributed by atoms with Gasteiger partial charge in [0.1, 0.15) is 0 Å². The first kappa shape index (κ1) is 21.5. The van der Waals surface area contributed by atoms with E-state index in [1.807, 2.05) is 13.0 Å². The van der Waals surface area contributed by atoms with Crippen molar-refractivity contribution >= 4 is 11.7 Å². The van der Waals surface area contributed by atoms with Crippen LogP contribution in [0.5, 0.6) is 0 Å². The van der Waals surface area contributed by atoms with Crippen molar-refractivity contribution in [2.45, 2.75) is 38.1 Å². The zero-order chi connectivity index (χ0) is 19.9. The average Bonchev–Trinajstić information content (AvgIpc) is 2.61. The number of hydrogen-bond donors (Lipinski definition) is 2. The molecule has 1 fully saturated rings. The molecule has 0 aromatic heterocycles. The summed E-state index contributed by atoms with van der Waals surface area (Å²) in [5.41, 5.74) is -1.33. The minimum Gasteiger partial charge on any atom is -0.380 e. The molecule has 0 bridgehead atoms. The summed E-state index contributed by atoms with van der Waals surface area (Å²) >= 11 is 0. The Hall–Kier alpha value is -1.84. The number of halogens is 3. The second kappa shape index (κ2) is 9.38. The molecule has 1 aliphatic heterocycles. The van der Waals surface area contributed by atoms with Gasteiger partial charge in [0.15, 0.2) is 5.60 Å².